The Morgan fingerprint density at radius 2 is 1.93 bits per heavy atom. The number of aromatic nitrogens is 1. The summed E-state index contributed by atoms with van der Waals surface area (Å²) in [6, 6.07) is 0. The van der Waals surface area contributed by atoms with E-state index in [-0.39, 0.29) is 29.4 Å². The van der Waals surface area contributed by atoms with Crippen molar-refractivity contribution in [3.05, 3.63) is 17.8 Å². The summed E-state index contributed by atoms with van der Waals surface area (Å²) < 4.78 is 11.6. The van der Waals surface area contributed by atoms with Gasteiger partial charge in [0.1, 0.15) is 12.3 Å². The predicted octanol–water partition coefficient (Wildman–Crippen LogP) is 3.14. The first-order valence-electron chi connectivity index (χ1n) is 10.1. The van der Waals surface area contributed by atoms with Crippen LogP contribution < -0.4 is 10.6 Å². The van der Waals surface area contributed by atoms with Crippen LogP contribution in [-0.4, -0.2) is 60.8 Å². The van der Waals surface area contributed by atoms with E-state index in [0.717, 1.165) is 50.9 Å². The molecule has 0 aromatic carbocycles. The number of halogens is 1. The number of oxazole rings is 1. The van der Waals surface area contributed by atoms with E-state index in [1.165, 1.54) is 0 Å². The van der Waals surface area contributed by atoms with Gasteiger partial charge in [0.05, 0.1) is 18.4 Å². The molecule has 1 aliphatic heterocycles. The van der Waals surface area contributed by atoms with Crippen molar-refractivity contribution in [2.24, 2.45) is 4.99 Å². The first-order valence-corrected chi connectivity index (χ1v) is 10.1. The molecule has 0 aliphatic carbocycles. The highest BCUT2D eigenvalue weighted by atomic mass is 127. The Labute approximate surface area is 187 Å². The standard InChI is InChI=1S/C20H37N5O2.HI/c1-7-21-19(24-12-18-23-11-17(27-18)20(4,5)6)22-9-8-10-25-13-15(2)26-16(3)14-25;/h11,15-16H,7-10,12-14H2,1-6H3,(H2,21,22,24);1H. The quantitative estimate of drug-likeness (QED) is 0.256. The predicted molar refractivity (Wildman–Crippen MR) is 125 cm³/mol. The van der Waals surface area contributed by atoms with E-state index in [9.17, 15) is 0 Å². The second-order valence-electron chi connectivity index (χ2n) is 8.36. The molecule has 1 aromatic heterocycles. The Morgan fingerprint density at radius 1 is 1.25 bits per heavy atom. The van der Waals surface area contributed by atoms with Crippen molar-refractivity contribution in [2.45, 2.75) is 72.1 Å². The molecule has 8 heteroatoms. The maximum atomic E-state index is 5.81. The lowest BCUT2D eigenvalue weighted by Gasteiger charge is -2.35. The normalized spacial score (nSPS) is 21.3. The van der Waals surface area contributed by atoms with Gasteiger partial charge < -0.3 is 19.8 Å². The van der Waals surface area contributed by atoms with Crippen LogP contribution in [0.1, 0.15) is 59.6 Å². The molecule has 0 spiro atoms. The summed E-state index contributed by atoms with van der Waals surface area (Å²) in [6.45, 7) is 17.9. The van der Waals surface area contributed by atoms with Gasteiger partial charge in [0.25, 0.3) is 0 Å². The molecular formula is C20H38IN5O2. The Bertz CT molecular complexity index is 590. The van der Waals surface area contributed by atoms with E-state index in [2.05, 4.69) is 67.1 Å². The monoisotopic (exact) mass is 507 g/mol. The molecule has 1 aliphatic rings. The lowest BCUT2D eigenvalue weighted by Crippen LogP contribution is -2.46. The van der Waals surface area contributed by atoms with Crippen LogP contribution in [0.3, 0.4) is 0 Å². The first-order chi connectivity index (χ1) is 12.8. The van der Waals surface area contributed by atoms with E-state index in [1.54, 1.807) is 6.20 Å². The maximum absolute atomic E-state index is 5.81. The van der Waals surface area contributed by atoms with Crippen LogP contribution >= 0.6 is 24.0 Å². The van der Waals surface area contributed by atoms with Crippen LogP contribution in [0.15, 0.2) is 15.6 Å². The zero-order valence-corrected chi connectivity index (χ0v) is 20.6. The molecule has 28 heavy (non-hydrogen) atoms. The highest BCUT2D eigenvalue weighted by Gasteiger charge is 2.21. The molecule has 2 heterocycles. The number of ether oxygens (including phenoxy) is 1. The van der Waals surface area contributed by atoms with Crippen molar-refractivity contribution in [2.75, 3.05) is 32.7 Å². The number of hydrogen-bond donors (Lipinski definition) is 2. The molecule has 2 unspecified atom stereocenters. The molecule has 162 valence electrons. The summed E-state index contributed by atoms with van der Waals surface area (Å²) in [6.07, 6.45) is 3.51. The molecule has 1 saturated heterocycles. The summed E-state index contributed by atoms with van der Waals surface area (Å²) in [5.41, 5.74) is -0.0355. The second kappa shape index (κ2) is 12.0. The molecule has 1 fully saturated rings. The number of morpholine rings is 1. The third kappa shape index (κ3) is 8.65. The van der Waals surface area contributed by atoms with Gasteiger partial charge in [-0.2, -0.15) is 0 Å². The summed E-state index contributed by atoms with van der Waals surface area (Å²) >= 11 is 0. The Balaban J connectivity index is 0.00000392. The van der Waals surface area contributed by atoms with E-state index >= 15 is 0 Å². The van der Waals surface area contributed by atoms with Gasteiger partial charge in [-0.05, 0) is 27.2 Å². The maximum Gasteiger partial charge on any atom is 0.216 e. The third-order valence-corrected chi connectivity index (χ3v) is 4.45. The summed E-state index contributed by atoms with van der Waals surface area (Å²) in [4.78, 5) is 11.4. The van der Waals surface area contributed by atoms with Crippen molar-refractivity contribution < 1.29 is 9.15 Å². The molecule has 0 bridgehead atoms. The Hall–Kier alpha value is -0.870. The topological polar surface area (TPSA) is 74.9 Å². The minimum absolute atomic E-state index is 0. The average Bonchev–Trinajstić information content (AvgIpc) is 3.05. The Kier molecular flexibility index (Phi) is 10.8. The fourth-order valence-electron chi connectivity index (χ4n) is 3.19. The van der Waals surface area contributed by atoms with E-state index in [1.807, 2.05) is 0 Å². The van der Waals surface area contributed by atoms with Crippen molar-refractivity contribution >= 4 is 29.9 Å². The molecule has 7 nitrogen and oxygen atoms in total. The number of guanidine groups is 1. The van der Waals surface area contributed by atoms with Gasteiger partial charge in [-0.1, -0.05) is 20.8 Å². The largest absolute Gasteiger partial charge is 0.443 e. The molecule has 1 aromatic rings. The zero-order valence-electron chi connectivity index (χ0n) is 18.2. The summed E-state index contributed by atoms with van der Waals surface area (Å²) in [5.74, 6) is 2.34. The molecule has 0 radical (unpaired) electrons. The summed E-state index contributed by atoms with van der Waals surface area (Å²) in [5, 5.41) is 6.68. The number of nitrogens with zero attached hydrogens (tertiary/aromatic N) is 3. The molecule has 0 saturated carbocycles. The van der Waals surface area contributed by atoms with Crippen LogP contribution in [0, 0.1) is 0 Å². The van der Waals surface area contributed by atoms with E-state index in [0.29, 0.717) is 24.6 Å². The van der Waals surface area contributed by atoms with Crippen molar-refractivity contribution in [1.29, 1.82) is 0 Å². The van der Waals surface area contributed by atoms with E-state index in [4.69, 9.17) is 9.15 Å². The van der Waals surface area contributed by atoms with E-state index < -0.39 is 0 Å². The molecular weight excluding hydrogens is 469 g/mol. The fraction of sp³-hybridized carbons (Fsp3) is 0.800. The lowest BCUT2D eigenvalue weighted by molar-refractivity contribution is -0.0679. The zero-order chi connectivity index (χ0) is 19.9. The number of rotatable bonds is 7. The summed E-state index contributed by atoms with van der Waals surface area (Å²) in [7, 11) is 0. The fourth-order valence-corrected chi connectivity index (χ4v) is 3.19. The molecule has 2 N–H and O–H groups in total. The van der Waals surface area contributed by atoms with Gasteiger partial charge in [0.2, 0.25) is 5.89 Å². The Morgan fingerprint density at radius 3 is 2.50 bits per heavy atom. The van der Waals surface area contributed by atoms with Gasteiger partial charge in [-0.3, -0.25) is 4.90 Å². The van der Waals surface area contributed by atoms with Gasteiger partial charge in [0, 0.05) is 38.1 Å². The van der Waals surface area contributed by atoms with Crippen LogP contribution in [0.2, 0.25) is 0 Å². The number of nitrogens with one attached hydrogen (secondary N) is 2. The van der Waals surface area contributed by atoms with Gasteiger partial charge in [-0.25, -0.2) is 9.98 Å². The third-order valence-electron chi connectivity index (χ3n) is 4.45. The lowest BCUT2D eigenvalue weighted by atomic mass is 9.94. The van der Waals surface area contributed by atoms with Crippen LogP contribution in [0.5, 0.6) is 0 Å². The van der Waals surface area contributed by atoms with Crippen LogP contribution in [-0.2, 0) is 16.7 Å². The van der Waals surface area contributed by atoms with Crippen molar-refractivity contribution in [1.82, 2.24) is 20.5 Å². The van der Waals surface area contributed by atoms with Crippen molar-refractivity contribution in [3.8, 4) is 0 Å². The van der Waals surface area contributed by atoms with Gasteiger partial charge >= 0.3 is 0 Å². The highest BCUT2D eigenvalue weighted by molar-refractivity contribution is 14.0. The average molecular weight is 507 g/mol. The smallest absolute Gasteiger partial charge is 0.216 e. The number of hydrogen-bond acceptors (Lipinski definition) is 5. The minimum Gasteiger partial charge on any atom is -0.443 e. The minimum atomic E-state index is -0.0355. The SMILES string of the molecule is CCNC(=NCc1ncc(C(C)(C)C)o1)NCCCN1CC(C)OC(C)C1.I. The van der Waals surface area contributed by atoms with Gasteiger partial charge in [-0.15, -0.1) is 24.0 Å². The second-order valence-corrected chi connectivity index (χ2v) is 8.36. The molecule has 2 rings (SSSR count). The highest BCUT2D eigenvalue weighted by Crippen LogP contribution is 2.22. The number of aliphatic imine (C=N–C) groups is 1. The van der Waals surface area contributed by atoms with Gasteiger partial charge in [0.15, 0.2) is 5.96 Å². The molecule has 0 amide bonds. The van der Waals surface area contributed by atoms with Crippen molar-refractivity contribution in [3.63, 3.8) is 0 Å². The van der Waals surface area contributed by atoms with Crippen LogP contribution in [0.4, 0.5) is 0 Å². The first kappa shape index (κ1) is 25.2. The van der Waals surface area contributed by atoms with Crippen LogP contribution in [0.25, 0.3) is 0 Å². The molecule has 2 atom stereocenters.